The third-order valence-corrected chi connectivity index (χ3v) is 4.59. The van der Waals surface area contributed by atoms with Crippen molar-refractivity contribution in [3.63, 3.8) is 0 Å². The molecule has 0 radical (unpaired) electrons. The number of ether oxygens (including phenoxy) is 1. The van der Waals surface area contributed by atoms with Crippen LogP contribution in [0.5, 0.6) is 0 Å². The van der Waals surface area contributed by atoms with Crippen LogP contribution in [0.15, 0.2) is 24.3 Å². The first-order valence-corrected chi connectivity index (χ1v) is 8.95. The topological polar surface area (TPSA) is 98.0 Å². The first kappa shape index (κ1) is 18.7. The number of hydrogen-bond acceptors (Lipinski definition) is 7. The number of amides is 2. The summed E-state index contributed by atoms with van der Waals surface area (Å²) in [5.41, 5.74) is 9.59. The van der Waals surface area contributed by atoms with E-state index in [1.54, 1.807) is 28.9 Å². The maximum Gasteiger partial charge on any atom is 0.409 e. The van der Waals surface area contributed by atoms with Crippen molar-refractivity contribution in [1.29, 1.82) is 0 Å². The molecule has 26 heavy (non-hydrogen) atoms. The van der Waals surface area contributed by atoms with Crippen molar-refractivity contribution in [1.82, 2.24) is 26.2 Å². The van der Waals surface area contributed by atoms with Crippen LogP contribution in [0.25, 0.3) is 0 Å². The molecule has 0 saturated carbocycles. The molecule has 3 rings (SSSR count). The molecule has 2 amide bonds. The summed E-state index contributed by atoms with van der Waals surface area (Å²) in [6, 6.07) is 6.78. The Bertz CT molecular complexity index is 635. The fraction of sp³-hybridized carbons (Fsp3) is 0.500. The summed E-state index contributed by atoms with van der Waals surface area (Å²) < 4.78 is 5.00. The van der Waals surface area contributed by atoms with Crippen molar-refractivity contribution < 1.29 is 14.3 Å². The summed E-state index contributed by atoms with van der Waals surface area (Å²) in [6.45, 7) is 4.00. The number of carbonyl (C=O) groups is 2. The van der Waals surface area contributed by atoms with Crippen LogP contribution in [-0.2, 0) is 9.53 Å². The highest BCUT2D eigenvalue weighted by Crippen LogP contribution is 2.16. The minimum atomic E-state index is -0.486. The summed E-state index contributed by atoms with van der Waals surface area (Å²) in [6.07, 6.45) is -0.657. The lowest BCUT2D eigenvalue weighted by atomic mass is 10.1. The van der Waals surface area contributed by atoms with Crippen molar-refractivity contribution in [2.75, 3.05) is 38.1 Å². The molecule has 0 spiro atoms. The highest BCUT2D eigenvalue weighted by Gasteiger charge is 2.37. The van der Waals surface area contributed by atoms with Gasteiger partial charge < -0.3 is 19.9 Å². The van der Waals surface area contributed by atoms with Crippen molar-refractivity contribution in [2.24, 2.45) is 0 Å². The van der Waals surface area contributed by atoms with Gasteiger partial charge in [0.1, 0.15) is 12.2 Å². The SMILES string of the molecule is CCOC(=O)N1CCN(C(=O)C2NNNC2Nc2ccc(Cl)cc2)CC1. The monoisotopic (exact) mass is 382 g/mol. The van der Waals surface area contributed by atoms with Crippen LogP contribution in [0.4, 0.5) is 10.5 Å². The fourth-order valence-electron chi connectivity index (χ4n) is 2.93. The van der Waals surface area contributed by atoms with Gasteiger partial charge in [-0.15, -0.1) is 0 Å². The van der Waals surface area contributed by atoms with Gasteiger partial charge in [0, 0.05) is 36.9 Å². The van der Waals surface area contributed by atoms with Gasteiger partial charge in [0.25, 0.3) is 0 Å². The van der Waals surface area contributed by atoms with Crippen LogP contribution < -0.4 is 21.7 Å². The fourth-order valence-corrected chi connectivity index (χ4v) is 3.06. The van der Waals surface area contributed by atoms with E-state index in [0.29, 0.717) is 37.8 Å². The summed E-state index contributed by atoms with van der Waals surface area (Å²) in [5, 5.41) is 3.91. The Morgan fingerprint density at radius 1 is 1.15 bits per heavy atom. The van der Waals surface area contributed by atoms with Crippen LogP contribution in [-0.4, -0.2) is 66.8 Å². The van der Waals surface area contributed by atoms with E-state index in [9.17, 15) is 9.59 Å². The smallest absolute Gasteiger partial charge is 0.409 e. The van der Waals surface area contributed by atoms with Crippen LogP contribution in [0, 0.1) is 0 Å². The third-order valence-electron chi connectivity index (χ3n) is 4.34. The first-order valence-electron chi connectivity index (χ1n) is 8.57. The van der Waals surface area contributed by atoms with Crippen LogP contribution in [0.3, 0.4) is 0 Å². The van der Waals surface area contributed by atoms with E-state index in [2.05, 4.69) is 21.7 Å². The van der Waals surface area contributed by atoms with Gasteiger partial charge in [0.2, 0.25) is 5.91 Å². The zero-order valence-electron chi connectivity index (χ0n) is 14.5. The molecule has 0 aromatic heterocycles. The molecular formula is C16H23ClN6O3. The second-order valence-corrected chi connectivity index (χ2v) is 6.47. The van der Waals surface area contributed by atoms with E-state index in [1.165, 1.54) is 0 Å². The Labute approximate surface area is 156 Å². The number of nitrogens with zero attached hydrogens (tertiary/aromatic N) is 2. The molecule has 9 nitrogen and oxygen atoms in total. The van der Waals surface area contributed by atoms with Crippen molar-refractivity contribution in [3.05, 3.63) is 29.3 Å². The predicted molar refractivity (Wildman–Crippen MR) is 97.2 cm³/mol. The van der Waals surface area contributed by atoms with E-state index in [-0.39, 0.29) is 18.2 Å². The van der Waals surface area contributed by atoms with Crippen molar-refractivity contribution in [3.8, 4) is 0 Å². The molecule has 4 N–H and O–H groups in total. The summed E-state index contributed by atoms with van der Waals surface area (Å²) in [5.74, 6) is -0.0440. The molecule has 1 aromatic carbocycles. The normalized spacial score (nSPS) is 23.0. The quantitative estimate of drug-likeness (QED) is 0.597. The Morgan fingerprint density at radius 3 is 2.46 bits per heavy atom. The number of nitrogens with one attached hydrogen (secondary N) is 4. The number of carbonyl (C=O) groups excluding carboxylic acids is 2. The van der Waals surface area contributed by atoms with E-state index >= 15 is 0 Å². The molecule has 2 atom stereocenters. The van der Waals surface area contributed by atoms with Crippen LogP contribution >= 0.6 is 11.6 Å². The predicted octanol–water partition coefficient (Wildman–Crippen LogP) is 0.360. The largest absolute Gasteiger partial charge is 0.450 e. The van der Waals surface area contributed by atoms with Crippen LogP contribution in [0.1, 0.15) is 6.92 Å². The minimum absolute atomic E-state index is 0.0440. The molecule has 0 bridgehead atoms. The van der Waals surface area contributed by atoms with Gasteiger partial charge in [-0.25, -0.2) is 15.6 Å². The lowest BCUT2D eigenvalue weighted by molar-refractivity contribution is -0.135. The number of rotatable bonds is 4. The maximum atomic E-state index is 12.8. The second kappa shape index (κ2) is 8.54. The molecule has 0 aliphatic carbocycles. The Kier molecular flexibility index (Phi) is 6.15. The molecule has 1 aromatic rings. The van der Waals surface area contributed by atoms with E-state index < -0.39 is 6.04 Å². The van der Waals surface area contributed by atoms with Gasteiger partial charge in [-0.2, -0.15) is 5.53 Å². The molecule has 142 valence electrons. The van der Waals surface area contributed by atoms with Crippen molar-refractivity contribution >= 4 is 29.3 Å². The maximum absolute atomic E-state index is 12.8. The van der Waals surface area contributed by atoms with Gasteiger partial charge in [-0.1, -0.05) is 11.6 Å². The average molecular weight is 383 g/mol. The van der Waals surface area contributed by atoms with Gasteiger partial charge in [-0.3, -0.25) is 4.79 Å². The highest BCUT2D eigenvalue weighted by atomic mass is 35.5. The molecule has 2 aliphatic rings. The highest BCUT2D eigenvalue weighted by molar-refractivity contribution is 6.30. The van der Waals surface area contributed by atoms with E-state index in [0.717, 1.165) is 5.69 Å². The molecule has 2 unspecified atom stereocenters. The lowest BCUT2D eigenvalue weighted by Gasteiger charge is -2.35. The van der Waals surface area contributed by atoms with Gasteiger partial charge in [0.05, 0.1) is 6.61 Å². The van der Waals surface area contributed by atoms with Crippen molar-refractivity contribution in [2.45, 2.75) is 19.1 Å². The molecule has 10 heteroatoms. The molecule has 2 saturated heterocycles. The lowest BCUT2D eigenvalue weighted by Crippen LogP contribution is -2.57. The minimum Gasteiger partial charge on any atom is -0.450 e. The standard InChI is InChI=1S/C16H23ClN6O3/c1-2-26-16(25)23-9-7-22(8-10-23)15(24)13-14(20-21-19-13)18-12-5-3-11(17)4-6-12/h3-6,13-14,18-21H,2,7-10H2,1H3. The molecular weight excluding hydrogens is 360 g/mol. The number of benzene rings is 1. The number of hydrogen-bond donors (Lipinski definition) is 4. The zero-order chi connectivity index (χ0) is 18.5. The second-order valence-electron chi connectivity index (χ2n) is 6.03. The number of hydrazine groups is 2. The number of halogens is 1. The summed E-state index contributed by atoms with van der Waals surface area (Å²) in [4.78, 5) is 28.0. The zero-order valence-corrected chi connectivity index (χ0v) is 15.3. The Morgan fingerprint density at radius 2 is 1.81 bits per heavy atom. The Balaban J connectivity index is 1.55. The first-order chi connectivity index (χ1) is 12.6. The summed E-state index contributed by atoms with van der Waals surface area (Å²) >= 11 is 5.90. The van der Waals surface area contributed by atoms with E-state index in [1.807, 2.05) is 12.1 Å². The van der Waals surface area contributed by atoms with Gasteiger partial charge in [-0.05, 0) is 31.2 Å². The summed E-state index contributed by atoms with van der Waals surface area (Å²) in [7, 11) is 0. The third kappa shape index (κ3) is 4.36. The van der Waals surface area contributed by atoms with E-state index in [4.69, 9.17) is 16.3 Å². The molecule has 2 aliphatic heterocycles. The van der Waals surface area contributed by atoms with Gasteiger partial charge in [0.15, 0.2) is 0 Å². The average Bonchev–Trinajstić information content (AvgIpc) is 3.11. The van der Waals surface area contributed by atoms with Crippen LogP contribution in [0.2, 0.25) is 5.02 Å². The Hall–Kier alpha value is -2.07. The molecule has 2 fully saturated rings. The van der Waals surface area contributed by atoms with Gasteiger partial charge >= 0.3 is 6.09 Å². The number of anilines is 1. The molecule has 2 heterocycles. The number of piperazine rings is 1.